The van der Waals surface area contributed by atoms with Gasteiger partial charge in [-0.1, -0.05) is 41.0 Å². The first-order valence-corrected chi connectivity index (χ1v) is 5.24. The summed E-state index contributed by atoms with van der Waals surface area (Å²) >= 11 is 0. The van der Waals surface area contributed by atoms with Crippen molar-refractivity contribution < 1.29 is 4.74 Å². The van der Waals surface area contributed by atoms with E-state index in [4.69, 9.17) is 4.74 Å². The molecule has 3 nitrogen and oxygen atoms in total. The SMILES string of the molecule is COc1ccc([N-][N+]#Cc2ccccc2)cc1. The minimum absolute atomic E-state index is 0.772. The largest absolute Gasteiger partial charge is 0.497 e. The highest BCUT2D eigenvalue weighted by Gasteiger charge is 1.90. The molecular weight excluding hydrogens is 212 g/mol. The topological polar surface area (TPSA) is 27.7 Å². The monoisotopic (exact) mass is 224 g/mol. The van der Waals surface area contributed by atoms with Gasteiger partial charge in [-0.25, -0.2) is 0 Å². The molecule has 0 atom stereocenters. The molecule has 0 spiro atoms. The van der Waals surface area contributed by atoms with Crippen molar-refractivity contribution in [3.05, 3.63) is 70.5 Å². The number of hydrogen-bond acceptors (Lipinski definition) is 1. The maximum absolute atomic E-state index is 5.06. The van der Waals surface area contributed by atoms with Gasteiger partial charge >= 0.3 is 6.07 Å². The Bertz CT molecular complexity index is 524. The van der Waals surface area contributed by atoms with Crippen LogP contribution in [0.25, 0.3) is 10.4 Å². The highest BCUT2D eigenvalue weighted by atomic mass is 16.5. The van der Waals surface area contributed by atoms with Gasteiger partial charge in [0.2, 0.25) is 0 Å². The molecule has 0 saturated carbocycles. The summed E-state index contributed by atoms with van der Waals surface area (Å²) in [6.45, 7) is 0. The van der Waals surface area contributed by atoms with Gasteiger partial charge in [0.25, 0.3) is 0 Å². The van der Waals surface area contributed by atoms with Crippen LogP contribution in [0.5, 0.6) is 5.75 Å². The second-order valence-corrected chi connectivity index (χ2v) is 3.38. The predicted molar refractivity (Wildman–Crippen MR) is 68.8 cm³/mol. The molecule has 0 aliphatic carbocycles. The number of rotatable bonds is 2. The lowest BCUT2D eigenvalue weighted by Crippen LogP contribution is -1.79. The van der Waals surface area contributed by atoms with Crippen LogP contribution < -0.4 is 4.74 Å². The van der Waals surface area contributed by atoms with Crippen molar-refractivity contribution in [2.75, 3.05) is 7.11 Å². The van der Waals surface area contributed by atoms with Crippen molar-refractivity contribution >= 4 is 5.69 Å². The van der Waals surface area contributed by atoms with Crippen LogP contribution >= 0.6 is 0 Å². The summed E-state index contributed by atoms with van der Waals surface area (Å²) < 4.78 is 5.06. The van der Waals surface area contributed by atoms with Gasteiger partial charge in [-0.15, -0.1) is 0 Å². The molecular formula is C14H12N2O. The second kappa shape index (κ2) is 5.57. The van der Waals surface area contributed by atoms with Crippen LogP contribution in [0.4, 0.5) is 5.69 Å². The third-order valence-corrected chi connectivity index (χ3v) is 2.19. The molecule has 0 amide bonds. The minimum Gasteiger partial charge on any atom is -0.497 e. The molecule has 0 heterocycles. The predicted octanol–water partition coefficient (Wildman–Crippen LogP) is 4.00. The molecule has 0 aromatic heterocycles. The maximum atomic E-state index is 5.06. The summed E-state index contributed by atoms with van der Waals surface area (Å²) in [5, 5.41) is 0. The minimum atomic E-state index is 0.772. The molecule has 84 valence electrons. The third-order valence-electron chi connectivity index (χ3n) is 2.19. The zero-order chi connectivity index (χ0) is 11.9. The summed E-state index contributed by atoms with van der Waals surface area (Å²) in [4.78, 5) is 3.90. The van der Waals surface area contributed by atoms with Gasteiger partial charge < -0.3 is 4.74 Å². The number of benzene rings is 2. The Morgan fingerprint density at radius 1 is 1.00 bits per heavy atom. The quantitative estimate of drug-likeness (QED) is 0.708. The third kappa shape index (κ3) is 3.25. The lowest BCUT2D eigenvalue weighted by atomic mass is 10.2. The first kappa shape index (κ1) is 11.0. The average Bonchev–Trinajstić information content (AvgIpc) is 2.41. The molecule has 0 bridgehead atoms. The molecule has 0 unspecified atom stereocenters. The molecule has 0 N–H and O–H groups in total. The van der Waals surface area contributed by atoms with Crippen LogP contribution in [0.15, 0.2) is 54.6 Å². The lowest BCUT2D eigenvalue weighted by molar-refractivity contribution is 0.415. The zero-order valence-electron chi connectivity index (χ0n) is 9.50. The van der Waals surface area contributed by atoms with E-state index in [9.17, 15) is 0 Å². The van der Waals surface area contributed by atoms with E-state index < -0.39 is 0 Å². The van der Waals surface area contributed by atoms with Crippen LogP contribution in [-0.2, 0) is 0 Å². The van der Waals surface area contributed by atoms with Gasteiger partial charge in [0.1, 0.15) is 11.3 Å². The Morgan fingerprint density at radius 3 is 2.35 bits per heavy atom. The molecule has 2 aromatic carbocycles. The van der Waals surface area contributed by atoms with E-state index in [1.165, 1.54) is 0 Å². The van der Waals surface area contributed by atoms with Gasteiger partial charge in [0.05, 0.1) is 7.11 Å². The van der Waals surface area contributed by atoms with E-state index in [0.717, 1.165) is 17.0 Å². The Labute approximate surface area is 100 Å². The van der Waals surface area contributed by atoms with Crippen LogP contribution in [0.3, 0.4) is 0 Å². The Hall–Kier alpha value is -2.47. The van der Waals surface area contributed by atoms with Crippen LogP contribution in [0.2, 0.25) is 0 Å². The zero-order valence-corrected chi connectivity index (χ0v) is 9.50. The van der Waals surface area contributed by atoms with Crippen molar-refractivity contribution in [3.63, 3.8) is 0 Å². The fourth-order valence-corrected chi connectivity index (χ4v) is 1.30. The fourth-order valence-electron chi connectivity index (χ4n) is 1.30. The van der Waals surface area contributed by atoms with Crippen LogP contribution in [0.1, 0.15) is 5.56 Å². The highest BCUT2D eigenvalue weighted by molar-refractivity contribution is 5.52. The Kier molecular flexibility index (Phi) is 3.61. The first-order valence-electron chi connectivity index (χ1n) is 5.24. The van der Waals surface area contributed by atoms with Crippen molar-refractivity contribution in [1.82, 2.24) is 0 Å². The number of methoxy groups -OCH3 is 1. The smallest absolute Gasteiger partial charge is 0.309 e. The van der Waals surface area contributed by atoms with Gasteiger partial charge in [-0.2, -0.15) is 0 Å². The van der Waals surface area contributed by atoms with E-state index in [1.807, 2.05) is 54.6 Å². The second-order valence-electron chi connectivity index (χ2n) is 3.38. The van der Waals surface area contributed by atoms with Gasteiger partial charge in [-0.3, -0.25) is 5.43 Å². The van der Waals surface area contributed by atoms with Crippen molar-refractivity contribution in [3.8, 4) is 11.8 Å². The summed E-state index contributed by atoms with van der Waals surface area (Å²) in [5.41, 5.74) is 5.71. The summed E-state index contributed by atoms with van der Waals surface area (Å²) in [5.74, 6) is 0.806. The van der Waals surface area contributed by atoms with Crippen LogP contribution in [-0.4, -0.2) is 7.11 Å². The standard InChI is InChI=1S/C14H12N2O/c1-17-14-9-7-13(8-10-14)16-15-11-12-5-3-2-4-6-12/h2-10H,1H3. The number of hydrogen-bond donors (Lipinski definition) is 0. The number of nitrogens with zero attached hydrogens (tertiary/aromatic N) is 2. The molecule has 0 fully saturated rings. The normalized spacial score (nSPS) is 9.00. The fraction of sp³-hybridized carbons (Fsp3) is 0.0714. The molecule has 0 saturated heterocycles. The van der Waals surface area contributed by atoms with Crippen molar-refractivity contribution in [2.24, 2.45) is 0 Å². The van der Waals surface area contributed by atoms with E-state index >= 15 is 0 Å². The summed E-state index contributed by atoms with van der Waals surface area (Å²) in [6, 6.07) is 19.9. The Morgan fingerprint density at radius 2 is 1.71 bits per heavy atom. The van der Waals surface area contributed by atoms with Gasteiger partial charge in [-0.05, 0) is 24.3 Å². The maximum Gasteiger partial charge on any atom is 0.309 e. The lowest BCUT2D eigenvalue weighted by Gasteiger charge is -2.03. The average molecular weight is 224 g/mol. The van der Waals surface area contributed by atoms with Gasteiger partial charge in [0, 0.05) is 0 Å². The molecule has 2 rings (SSSR count). The van der Waals surface area contributed by atoms with Crippen molar-refractivity contribution in [1.29, 1.82) is 0 Å². The van der Waals surface area contributed by atoms with Crippen LogP contribution in [0, 0.1) is 6.07 Å². The van der Waals surface area contributed by atoms with Crippen molar-refractivity contribution in [2.45, 2.75) is 0 Å². The molecule has 0 radical (unpaired) electrons. The van der Waals surface area contributed by atoms with E-state index in [2.05, 4.69) is 16.4 Å². The Balaban J connectivity index is 2.00. The van der Waals surface area contributed by atoms with E-state index in [0.29, 0.717) is 0 Å². The molecule has 0 aliphatic rings. The summed E-state index contributed by atoms with van der Waals surface area (Å²) in [7, 11) is 1.63. The molecule has 0 aliphatic heterocycles. The first-order chi connectivity index (χ1) is 8.38. The number of ether oxygens (including phenoxy) is 1. The van der Waals surface area contributed by atoms with E-state index in [1.54, 1.807) is 7.11 Å². The molecule has 17 heavy (non-hydrogen) atoms. The van der Waals surface area contributed by atoms with E-state index in [-0.39, 0.29) is 0 Å². The highest BCUT2D eigenvalue weighted by Crippen LogP contribution is 2.21. The summed E-state index contributed by atoms with van der Waals surface area (Å²) in [6.07, 6.45) is 0. The van der Waals surface area contributed by atoms with Gasteiger partial charge in [0.15, 0.2) is 0 Å². The molecule has 2 aromatic rings. The molecule has 3 heteroatoms.